The Balaban J connectivity index is 1.92. The van der Waals surface area contributed by atoms with Gasteiger partial charge in [-0.25, -0.2) is 14.0 Å². The zero-order chi connectivity index (χ0) is 28.3. The number of nitrogens with zero attached hydrogens (tertiary/aromatic N) is 3. The predicted molar refractivity (Wildman–Crippen MR) is 136 cm³/mol. The molecule has 0 saturated carbocycles. The maximum absolute atomic E-state index is 14.8. The number of aromatic nitrogens is 2. The summed E-state index contributed by atoms with van der Waals surface area (Å²) in [4.78, 5) is 40.7. The van der Waals surface area contributed by atoms with Crippen LogP contribution in [0.5, 0.6) is 0 Å². The van der Waals surface area contributed by atoms with Crippen LogP contribution in [0.3, 0.4) is 0 Å². The van der Waals surface area contributed by atoms with E-state index >= 15 is 0 Å². The molecule has 1 aliphatic rings. The number of benzene rings is 2. The van der Waals surface area contributed by atoms with Crippen molar-refractivity contribution < 1.29 is 27.5 Å². The fraction of sp³-hybridized carbons (Fsp3) is 0.346. The number of hydrogen-bond acceptors (Lipinski definition) is 5. The van der Waals surface area contributed by atoms with E-state index in [1.807, 2.05) is 0 Å². The molecule has 13 heteroatoms. The number of hydrogen-bond donors (Lipinski definition) is 3. The van der Waals surface area contributed by atoms with E-state index in [-0.39, 0.29) is 11.4 Å². The van der Waals surface area contributed by atoms with Crippen molar-refractivity contribution in [3.63, 3.8) is 0 Å². The van der Waals surface area contributed by atoms with E-state index in [0.717, 1.165) is 27.3 Å². The van der Waals surface area contributed by atoms with Crippen LogP contribution in [0.2, 0.25) is 0 Å². The maximum Gasteiger partial charge on any atom is 0.416 e. The topological polar surface area (TPSA) is 109 Å². The molecule has 0 spiro atoms. The standard InChI is InChI=1S/C26H27F4N5O4/c1-16-22(33-12-10-31-11-13-33)23(36)35(15-21(32-24(37)38)17-6-3-2-4-7-17)25(39)34(16)14-18-19(26(28,29)30)8-5-9-20(18)27/h2-9,21,31-32H,10-15H2,1H3,(H,37,38)/t21-/m0/s1. The van der Waals surface area contributed by atoms with Crippen LogP contribution in [0.15, 0.2) is 58.1 Å². The molecule has 0 radical (unpaired) electrons. The molecule has 1 aliphatic heterocycles. The summed E-state index contributed by atoms with van der Waals surface area (Å²) in [6, 6.07) is 9.77. The van der Waals surface area contributed by atoms with Crippen molar-refractivity contribution in [3.8, 4) is 0 Å². The number of carboxylic acid groups (broad SMARTS) is 1. The highest BCUT2D eigenvalue weighted by Crippen LogP contribution is 2.33. The molecular formula is C26H27F4N5O4. The van der Waals surface area contributed by atoms with E-state index in [4.69, 9.17) is 0 Å². The molecule has 39 heavy (non-hydrogen) atoms. The Morgan fingerprint density at radius 1 is 1.05 bits per heavy atom. The van der Waals surface area contributed by atoms with Crippen LogP contribution < -0.4 is 26.8 Å². The molecule has 3 N–H and O–H groups in total. The average Bonchev–Trinajstić information content (AvgIpc) is 2.89. The number of nitrogens with one attached hydrogen (secondary N) is 2. The third kappa shape index (κ3) is 5.98. The molecule has 3 aromatic rings. The zero-order valence-corrected chi connectivity index (χ0v) is 21.0. The van der Waals surface area contributed by atoms with Gasteiger partial charge in [-0.15, -0.1) is 0 Å². The first-order valence-corrected chi connectivity index (χ1v) is 12.2. The van der Waals surface area contributed by atoms with Crippen LogP contribution in [-0.4, -0.2) is 46.5 Å². The number of carbonyl (C=O) groups is 1. The first-order chi connectivity index (χ1) is 18.5. The summed E-state index contributed by atoms with van der Waals surface area (Å²) < 4.78 is 57.7. The van der Waals surface area contributed by atoms with E-state index in [1.165, 1.54) is 6.92 Å². The quantitative estimate of drug-likeness (QED) is 0.391. The predicted octanol–water partition coefficient (Wildman–Crippen LogP) is 2.94. The maximum atomic E-state index is 14.8. The highest BCUT2D eigenvalue weighted by Gasteiger charge is 2.35. The number of piperazine rings is 1. The molecule has 1 saturated heterocycles. The van der Waals surface area contributed by atoms with Crippen molar-refractivity contribution >= 4 is 11.8 Å². The van der Waals surface area contributed by atoms with Gasteiger partial charge in [0, 0.05) is 37.4 Å². The highest BCUT2D eigenvalue weighted by atomic mass is 19.4. The fourth-order valence-corrected chi connectivity index (χ4v) is 4.78. The molecular weight excluding hydrogens is 522 g/mol. The monoisotopic (exact) mass is 549 g/mol. The second kappa shape index (κ2) is 11.3. The van der Waals surface area contributed by atoms with Crippen molar-refractivity contribution in [2.45, 2.75) is 32.2 Å². The van der Waals surface area contributed by atoms with Crippen molar-refractivity contribution in [1.82, 2.24) is 19.8 Å². The van der Waals surface area contributed by atoms with Crippen molar-refractivity contribution in [2.24, 2.45) is 0 Å². The molecule has 208 valence electrons. The summed E-state index contributed by atoms with van der Waals surface area (Å²) in [6.07, 6.45) is -6.28. The Labute approximate surface area is 220 Å². The minimum atomic E-state index is -4.88. The largest absolute Gasteiger partial charge is 0.465 e. The van der Waals surface area contributed by atoms with Gasteiger partial charge in [-0.05, 0) is 24.6 Å². The lowest BCUT2D eigenvalue weighted by Crippen LogP contribution is -2.51. The highest BCUT2D eigenvalue weighted by molar-refractivity contribution is 5.65. The smallest absolute Gasteiger partial charge is 0.416 e. The normalized spacial score (nSPS) is 14.7. The van der Waals surface area contributed by atoms with Gasteiger partial charge >= 0.3 is 18.0 Å². The number of rotatable bonds is 7. The van der Waals surface area contributed by atoms with Crippen LogP contribution in [-0.2, 0) is 19.3 Å². The van der Waals surface area contributed by atoms with E-state index in [1.54, 1.807) is 35.2 Å². The lowest BCUT2D eigenvalue weighted by molar-refractivity contribution is -0.138. The number of anilines is 1. The van der Waals surface area contributed by atoms with Gasteiger partial charge in [0.15, 0.2) is 0 Å². The molecule has 0 bridgehead atoms. The average molecular weight is 550 g/mol. The van der Waals surface area contributed by atoms with Gasteiger partial charge in [0.1, 0.15) is 11.5 Å². The van der Waals surface area contributed by atoms with Crippen LogP contribution in [0.4, 0.5) is 28.0 Å². The Hall–Kier alpha value is -4.13. The molecule has 2 aromatic carbocycles. The Kier molecular flexibility index (Phi) is 8.09. The molecule has 1 fully saturated rings. The van der Waals surface area contributed by atoms with Gasteiger partial charge in [-0.3, -0.25) is 13.9 Å². The van der Waals surface area contributed by atoms with E-state index in [0.29, 0.717) is 31.7 Å². The van der Waals surface area contributed by atoms with E-state index in [2.05, 4.69) is 10.6 Å². The Morgan fingerprint density at radius 3 is 2.33 bits per heavy atom. The first-order valence-electron chi connectivity index (χ1n) is 12.2. The minimum Gasteiger partial charge on any atom is -0.465 e. The minimum absolute atomic E-state index is 0.0852. The van der Waals surface area contributed by atoms with Gasteiger partial charge in [0.25, 0.3) is 5.56 Å². The first kappa shape index (κ1) is 27.9. The van der Waals surface area contributed by atoms with Crippen molar-refractivity contribution in [2.75, 3.05) is 31.1 Å². The van der Waals surface area contributed by atoms with Crippen LogP contribution in [0.1, 0.15) is 28.4 Å². The SMILES string of the molecule is Cc1c(N2CCNCC2)c(=O)n(C[C@H](NC(=O)O)c2ccccc2)c(=O)n1Cc1c(F)cccc1C(F)(F)F. The van der Waals surface area contributed by atoms with Gasteiger partial charge in [0.05, 0.1) is 24.7 Å². The zero-order valence-electron chi connectivity index (χ0n) is 21.0. The number of halogens is 4. The Bertz CT molecular complexity index is 1460. The summed E-state index contributed by atoms with van der Waals surface area (Å²) in [5.74, 6) is -1.15. The van der Waals surface area contributed by atoms with Crippen LogP contribution >= 0.6 is 0 Å². The Morgan fingerprint density at radius 2 is 1.72 bits per heavy atom. The van der Waals surface area contributed by atoms with Crippen LogP contribution in [0, 0.1) is 12.7 Å². The molecule has 1 aromatic heterocycles. The second-order valence-electron chi connectivity index (χ2n) is 9.13. The lowest BCUT2D eigenvalue weighted by Gasteiger charge is -2.31. The fourth-order valence-electron chi connectivity index (χ4n) is 4.78. The molecule has 1 atom stereocenters. The van der Waals surface area contributed by atoms with Gasteiger partial charge in [0.2, 0.25) is 0 Å². The van der Waals surface area contributed by atoms with Crippen LogP contribution in [0.25, 0.3) is 0 Å². The number of amides is 1. The molecule has 1 amide bonds. The molecule has 9 nitrogen and oxygen atoms in total. The van der Waals surface area contributed by atoms with Gasteiger partial charge < -0.3 is 20.6 Å². The molecule has 4 rings (SSSR count). The van der Waals surface area contributed by atoms with Crippen molar-refractivity contribution in [1.29, 1.82) is 0 Å². The lowest BCUT2D eigenvalue weighted by atomic mass is 10.1. The summed E-state index contributed by atoms with van der Waals surface area (Å²) in [7, 11) is 0. The van der Waals surface area contributed by atoms with Crippen molar-refractivity contribution in [3.05, 3.63) is 97.6 Å². The van der Waals surface area contributed by atoms with E-state index in [9.17, 15) is 37.1 Å². The van der Waals surface area contributed by atoms with Gasteiger partial charge in [-0.1, -0.05) is 36.4 Å². The second-order valence-corrected chi connectivity index (χ2v) is 9.13. The van der Waals surface area contributed by atoms with E-state index < -0.39 is 59.6 Å². The molecule has 0 unspecified atom stereocenters. The summed E-state index contributed by atoms with van der Waals surface area (Å²) >= 11 is 0. The third-order valence-electron chi connectivity index (χ3n) is 6.70. The number of alkyl halides is 3. The summed E-state index contributed by atoms with van der Waals surface area (Å²) in [5.41, 5.74) is -3.03. The summed E-state index contributed by atoms with van der Waals surface area (Å²) in [6.45, 7) is 2.04. The third-order valence-corrected chi connectivity index (χ3v) is 6.70. The molecule has 2 heterocycles. The summed E-state index contributed by atoms with van der Waals surface area (Å²) in [5, 5.41) is 14.8. The molecule has 0 aliphatic carbocycles. The van der Waals surface area contributed by atoms with Gasteiger partial charge in [-0.2, -0.15) is 13.2 Å².